The second-order valence-corrected chi connectivity index (χ2v) is 6.88. The van der Waals surface area contributed by atoms with Crippen molar-refractivity contribution in [2.75, 3.05) is 6.61 Å². The number of hydrogen-bond donors (Lipinski definition) is 0. The fraction of sp³-hybridized carbons (Fsp3) is 0.375. The van der Waals surface area contributed by atoms with E-state index < -0.39 is 21.2 Å². The van der Waals surface area contributed by atoms with E-state index in [9.17, 15) is 18.0 Å². The summed E-state index contributed by atoms with van der Waals surface area (Å²) in [6, 6.07) is 7.93. The van der Waals surface area contributed by atoms with Gasteiger partial charge in [0, 0.05) is 5.41 Å². The van der Waals surface area contributed by atoms with Gasteiger partial charge in [-0.2, -0.15) is 0 Å². The second-order valence-electron chi connectivity index (χ2n) is 5.04. The van der Waals surface area contributed by atoms with Crippen molar-refractivity contribution in [2.24, 2.45) is 5.41 Å². The number of allylic oxidation sites excluding steroid dienone is 1. The Morgan fingerprint density at radius 2 is 1.82 bits per heavy atom. The van der Waals surface area contributed by atoms with Crippen molar-refractivity contribution in [2.45, 2.75) is 32.1 Å². The summed E-state index contributed by atoms with van der Waals surface area (Å²) in [6.07, 6.45) is 1.29. The predicted molar refractivity (Wildman–Crippen MR) is 82.8 cm³/mol. The van der Waals surface area contributed by atoms with E-state index in [4.69, 9.17) is 4.74 Å². The molecule has 1 atom stereocenters. The van der Waals surface area contributed by atoms with Crippen molar-refractivity contribution in [3.05, 3.63) is 41.8 Å². The van der Waals surface area contributed by atoms with Crippen molar-refractivity contribution < 1.29 is 22.7 Å². The van der Waals surface area contributed by atoms with E-state index >= 15 is 0 Å². The van der Waals surface area contributed by atoms with Gasteiger partial charge in [0.05, 0.1) is 11.5 Å². The Kier molecular flexibility index (Phi) is 6.05. The molecule has 0 spiro atoms. The first-order chi connectivity index (χ1) is 10.2. The topological polar surface area (TPSA) is 77.5 Å². The number of ketones is 1. The van der Waals surface area contributed by atoms with Gasteiger partial charge in [-0.25, -0.2) is 8.42 Å². The highest BCUT2D eigenvalue weighted by Crippen LogP contribution is 2.26. The molecule has 0 aliphatic carbocycles. The average Bonchev–Trinajstić information content (AvgIpc) is 2.47. The third-order valence-electron chi connectivity index (χ3n) is 3.38. The Morgan fingerprint density at radius 1 is 1.23 bits per heavy atom. The number of benzene rings is 1. The van der Waals surface area contributed by atoms with Crippen LogP contribution in [0.3, 0.4) is 0 Å². The van der Waals surface area contributed by atoms with Gasteiger partial charge in [-0.05, 0) is 39.3 Å². The fourth-order valence-corrected chi connectivity index (χ4v) is 2.80. The third kappa shape index (κ3) is 4.27. The van der Waals surface area contributed by atoms with E-state index in [1.165, 1.54) is 32.1 Å². The number of hydrogen-bond acceptors (Lipinski definition) is 5. The highest BCUT2D eigenvalue weighted by molar-refractivity contribution is 7.94. The summed E-state index contributed by atoms with van der Waals surface area (Å²) in [5.74, 6) is -1.02. The molecular weight excluding hydrogens is 304 g/mol. The SMILES string of the molecule is CCOC(=O)[C@](C)(C/C=C/S(=O)(=O)c1ccccc1)C(C)=O. The van der Waals surface area contributed by atoms with Crippen molar-refractivity contribution in [1.82, 2.24) is 0 Å². The lowest BCUT2D eigenvalue weighted by Gasteiger charge is -2.22. The van der Waals surface area contributed by atoms with Gasteiger partial charge in [0.2, 0.25) is 0 Å². The molecule has 1 rings (SSSR count). The van der Waals surface area contributed by atoms with Gasteiger partial charge in [-0.15, -0.1) is 0 Å². The van der Waals surface area contributed by atoms with Crippen LogP contribution in [0.15, 0.2) is 46.7 Å². The summed E-state index contributed by atoms with van der Waals surface area (Å²) in [6.45, 7) is 4.55. The summed E-state index contributed by atoms with van der Waals surface area (Å²) >= 11 is 0. The van der Waals surface area contributed by atoms with Gasteiger partial charge in [-0.3, -0.25) is 9.59 Å². The zero-order chi connectivity index (χ0) is 16.8. The smallest absolute Gasteiger partial charge is 0.319 e. The molecule has 0 aliphatic rings. The monoisotopic (exact) mass is 324 g/mol. The zero-order valence-corrected chi connectivity index (χ0v) is 13.7. The van der Waals surface area contributed by atoms with E-state index in [1.807, 2.05) is 0 Å². The number of rotatable bonds is 7. The minimum Gasteiger partial charge on any atom is -0.465 e. The van der Waals surface area contributed by atoms with Crippen LogP contribution in [0.25, 0.3) is 0 Å². The minimum atomic E-state index is -3.59. The quantitative estimate of drug-likeness (QED) is 0.569. The van der Waals surface area contributed by atoms with Crippen LogP contribution in [-0.2, 0) is 24.2 Å². The van der Waals surface area contributed by atoms with E-state index in [0.717, 1.165) is 5.41 Å². The molecule has 0 saturated carbocycles. The molecule has 0 unspecified atom stereocenters. The Balaban J connectivity index is 2.94. The van der Waals surface area contributed by atoms with Crippen LogP contribution in [0.5, 0.6) is 0 Å². The van der Waals surface area contributed by atoms with Crippen LogP contribution in [0.4, 0.5) is 0 Å². The van der Waals surface area contributed by atoms with Crippen LogP contribution in [0.1, 0.15) is 27.2 Å². The summed E-state index contributed by atoms with van der Waals surface area (Å²) in [4.78, 5) is 23.8. The Labute approximate surface area is 130 Å². The molecule has 6 heteroatoms. The molecule has 0 N–H and O–H groups in total. The number of sulfone groups is 1. The maximum Gasteiger partial charge on any atom is 0.319 e. The normalized spacial score (nSPS) is 14.5. The molecular formula is C16H20O5S. The van der Waals surface area contributed by atoms with Crippen LogP contribution >= 0.6 is 0 Å². The van der Waals surface area contributed by atoms with Gasteiger partial charge >= 0.3 is 5.97 Å². The van der Waals surface area contributed by atoms with E-state index in [0.29, 0.717) is 0 Å². The maximum absolute atomic E-state index is 12.1. The maximum atomic E-state index is 12.1. The summed E-state index contributed by atoms with van der Waals surface area (Å²) in [5.41, 5.74) is -1.38. The molecule has 0 bridgehead atoms. The number of ether oxygens (including phenoxy) is 1. The highest BCUT2D eigenvalue weighted by Gasteiger charge is 2.38. The Hall–Kier alpha value is -1.95. The zero-order valence-electron chi connectivity index (χ0n) is 12.9. The van der Waals surface area contributed by atoms with Crippen molar-refractivity contribution in [3.8, 4) is 0 Å². The lowest BCUT2D eigenvalue weighted by molar-refractivity contribution is -0.158. The summed E-state index contributed by atoms with van der Waals surface area (Å²) in [7, 11) is -3.59. The molecule has 0 radical (unpaired) electrons. The van der Waals surface area contributed by atoms with Crippen LogP contribution in [0, 0.1) is 5.41 Å². The lowest BCUT2D eigenvalue weighted by atomic mass is 9.83. The average molecular weight is 324 g/mol. The number of esters is 1. The highest BCUT2D eigenvalue weighted by atomic mass is 32.2. The number of carbonyl (C=O) groups is 2. The molecule has 5 nitrogen and oxygen atoms in total. The van der Waals surface area contributed by atoms with E-state index in [-0.39, 0.29) is 23.7 Å². The lowest BCUT2D eigenvalue weighted by Crippen LogP contribution is -2.36. The third-order valence-corrected chi connectivity index (χ3v) is 4.86. The van der Waals surface area contributed by atoms with Gasteiger partial charge in [0.1, 0.15) is 11.2 Å². The first kappa shape index (κ1) is 18.1. The predicted octanol–water partition coefficient (Wildman–Crippen LogP) is 2.52. The van der Waals surface area contributed by atoms with Crippen LogP contribution in [-0.4, -0.2) is 26.8 Å². The first-order valence-electron chi connectivity index (χ1n) is 6.89. The van der Waals surface area contributed by atoms with Crippen LogP contribution in [0.2, 0.25) is 0 Å². The molecule has 1 aromatic carbocycles. The molecule has 0 aromatic heterocycles. The Bertz CT molecular complexity index is 661. The van der Waals surface area contributed by atoms with Crippen molar-refractivity contribution in [3.63, 3.8) is 0 Å². The fourth-order valence-electron chi connectivity index (χ4n) is 1.76. The van der Waals surface area contributed by atoms with Gasteiger partial charge in [0.15, 0.2) is 9.84 Å². The molecule has 120 valence electrons. The molecule has 22 heavy (non-hydrogen) atoms. The first-order valence-corrected chi connectivity index (χ1v) is 8.43. The largest absolute Gasteiger partial charge is 0.465 e. The van der Waals surface area contributed by atoms with E-state index in [1.54, 1.807) is 25.1 Å². The molecule has 0 heterocycles. The number of Topliss-reactive ketones (excluding diaryl/α,β-unsaturated/α-hetero) is 1. The van der Waals surface area contributed by atoms with Crippen molar-refractivity contribution >= 4 is 21.6 Å². The van der Waals surface area contributed by atoms with Gasteiger partial charge < -0.3 is 4.74 Å². The minimum absolute atomic E-state index is 0.0345. The van der Waals surface area contributed by atoms with Gasteiger partial charge in [0.25, 0.3) is 0 Å². The molecule has 0 saturated heterocycles. The molecule has 0 fully saturated rings. The summed E-state index contributed by atoms with van der Waals surface area (Å²) in [5, 5.41) is 1.02. The van der Waals surface area contributed by atoms with Crippen molar-refractivity contribution in [1.29, 1.82) is 0 Å². The Morgan fingerprint density at radius 3 is 2.32 bits per heavy atom. The standard InChI is InChI=1S/C16H20O5S/c1-4-21-15(18)16(3,13(2)17)11-8-12-22(19,20)14-9-6-5-7-10-14/h5-10,12H,4,11H2,1-3H3/b12-8+/t16-/m1/s1. The van der Waals surface area contributed by atoms with Crippen LogP contribution < -0.4 is 0 Å². The summed E-state index contributed by atoms with van der Waals surface area (Å²) < 4.78 is 29.1. The second kappa shape index (κ2) is 7.35. The molecule has 0 amide bonds. The molecule has 0 aliphatic heterocycles. The van der Waals surface area contributed by atoms with Gasteiger partial charge in [-0.1, -0.05) is 24.3 Å². The molecule has 1 aromatic rings. The van der Waals surface area contributed by atoms with E-state index in [2.05, 4.69) is 0 Å². The number of carbonyl (C=O) groups excluding carboxylic acids is 2.